The van der Waals surface area contributed by atoms with Gasteiger partial charge >= 0.3 is 0 Å². The van der Waals surface area contributed by atoms with E-state index in [1.165, 1.54) is 115 Å². The molecular formula is C41H76O. The lowest BCUT2D eigenvalue weighted by Crippen LogP contribution is -2.21. The highest BCUT2D eigenvalue weighted by atomic mass is 16.5. The molecule has 4 unspecified atom stereocenters. The van der Waals surface area contributed by atoms with Crippen molar-refractivity contribution < 1.29 is 4.74 Å². The number of hydrogen-bond acceptors (Lipinski definition) is 1. The first kappa shape index (κ1) is 39.2. The summed E-state index contributed by atoms with van der Waals surface area (Å²) in [6.07, 6.45) is 34.3. The highest BCUT2D eigenvalue weighted by Crippen LogP contribution is 2.45. The van der Waals surface area contributed by atoms with Crippen LogP contribution in [-0.4, -0.2) is 12.7 Å². The maximum Gasteiger partial charge on any atom is 0.0622 e. The van der Waals surface area contributed by atoms with Crippen molar-refractivity contribution in [2.45, 2.75) is 183 Å². The van der Waals surface area contributed by atoms with Crippen molar-refractivity contribution in [3.8, 4) is 0 Å². The molecule has 1 rings (SSSR count). The van der Waals surface area contributed by atoms with Crippen LogP contribution in [0.15, 0.2) is 35.5 Å². The molecule has 0 spiro atoms. The van der Waals surface area contributed by atoms with Gasteiger partial charge in [-0.25, -0.2) is 0 Å². The summed E-state index contributed by atoms with van der Waals surface area (Å²) in [6.45, 7) is 21.0. The summed E-state index contributed by atoms with van der Waals surface area (Å²) in [5.74, 6) is 5.39. The van der Waals surface area contributed by atoms with Crippen LogP contribution in [0.1, 0.15) is 178 Å². The molecule has 1 nitrogen and oxygen atoms in total. The standard InChI is InChI=1S/C41H76O/c1-33(2)29-30-40-32-39(40)28-16-26-37(6)24-14-21-35(4)19-12-11-18-34(3)20-13-22-36(5)23-15-25-38(7)27-17-31-41(8,9)42-10/h13,20,25,29,34-37,39-40H,11-12,14-19,21-24,26-28,30-32H2,1-10H3/b20-13-,38-25+/t34?,35?,36?,37-,39?,40+/m0/s1. The quantitative estimate of drug-likeness (QED) is 0.0725. The third-order valence-electron chi connectivity index (χ3n) is 10.2. The Balaban J connectivity index is 2.00. The molecule has 0 aromatic rings. The van der Waals surface area contributed by atoms with E-state index in [1.807, 2.05) is 7.11 Å². The lowest BCUT2D eigenvalue weighted by Gasteiger charge is -2.22. The second-order valence-corrected chi connectivity index (χ2v) is 15.8. The van der Waals surface area contributed by atoms with Crippen LogP contribution in [0.25, 0.3) is 0 Å². The maximum absolute atomic E-state index is 5.54. The van der Waals surface area contributed by atoms with E-state index in [4.69, 9.17) is 4.74 Å². The number of rotatable bonds is 26. The summed E-state index contributed by atoms with van der Waals surface area (Å²) in [5.41, 5.74) is 3.05. The SMILES string of the molecule is COC(C)(C)CCC/C(C)=C/CCC(C)C/C=C\C(C)CCCCC(C)CCC[C@H](C)CCCC1C[C@H]1CC=C(C)C. The Morgan fingerprint density at radius 2 is 1.40 bits per heavy atom. The fourth-order valence-corrected chi connectivity index (χ4v) is 6.50. The number of allylic oxidation sites excluding steroid dienone is 6. The Hall–Kier alpha value is -0.820. The van der Waals surface area contributed by atoms with E-state index in [0.717, 1.165) is 41.9 Å². The van der Waals surface area contributed by atoms with Crippen LogP contribution in [-0.2, 0) is 4.74 Å². The molecule has 0 aliphatic heterocycles. The van der Waals surface area contributed by atoms with Gasteiger partial charge in [0, 0.05) is 7.11 Å². The van der Waals surface area contributed by atoms with Gasteiger partial charge in [0.25, 0.3) is 0 Å². The molecule has 0 saturated heterocycles. The maximum atomic E-state index is 5.54. The molecule has 0 bridgehead atoms. The minimum absolute atomic E-state index is 0.0140. The Morgan fingerprint density at radius 3 is 2.07 bits per heavy atom. The second kappa shape index (κ2) is 22.7. The predicted molar refractivity (Wildman–Crippen MR) is 190 cm³/mol. The number of methoxy groups -OCH3 is 1. The third-order valence-corrected chi connectivity index (χ3v) is 10.2. The Bertz CT molecular complexity index is 751. The minimum atomic E-state index is 0.0140. The lowest BCUT2D eigenvalue weighted by molar-refractivity contribution is 0.0140. The van der Waals surface area contributed by atoms with Gasteiger partial charge in [-0.1, -0.05) is 121 Å². The van der Waals surface area contributed by atoms with E-state index in [1.54, 1.807) is 5.57 Å². The molecular weight excluding hydrogens is 508 g/mol. The molecule has 42 heavy (non-hydrogen) atoms. The molecule has 6 atom stereocenters. The van der Waals surface area contributed by atoms with Crippen LogP contribution in [0.3, 0.4) is 0 Å². The molecule has 0 heterocycles. The number of unbranched alkanes of at least 4 members (excludes halogenated alkanes) is 1. The lowest BCUT2D eigenvalue weighted by atomic mass is 9.91. The van der Waals surface area contributed by atoms with E-state index < -0.39 is 0 Å². The summed E-state index contributed by atoms with van der Waals surface area (Å²) in [7, 11) is 1.82. The van der Waals surface area contributed by atoms with Gasteiger partial charge in [0.15, 0.2) is 0 Å². The van der Waals surface area contributed by atoms with Crippen molar-refractivity contribution in [1.29, 1.82) is 0 Å². The zero-order valence-corrected chi connectivity index (χ0v) is 30.4. The molecule has 1 saturated carbocycles. The van der Waals surface area contributed by atoms with Gasteiger partial charge < -0.3 is 4.74 Å². The predicted octanol–water partition coefficient (Wildman–Crippen LogP) is 13.7. The molecule has 246 valence electrons. The van der Waals surface area contributed by atoms with Gasteiger partial charge in [-0.2, -0.15) is 0 Å². The highest BCUT2D eigenvalue weighted by Gasteiger charge is 2.34. The molecule has 1 heteroatoms. The smallest absolute Gasteiger partial charge is 0.0622 e. The first-order valence-corrected chi connectivity index (χ1v) is 18.4. The van der Waals surface area contributed by atoms with Crippen LogP contribution in [0.2, 0.25) is 0 Å². The second-order valence-electron chi connectivity index (χ2n) is 15.8. The van der Waals surface area contributed by atoms with E-state index in [-0.39, 0.29) is 5.60 Å². The summed E-state index contributed by atoms with van der Waals surface area (Å²) in [5, 5.41) is 0. The molecule has 0 aromatic carbocycles. The largest absolute Gasteiger partial charge is 0.379 e. The topological polar surface area (TPSA) is 9.23 Å². The van der Waals surface area contributed by atoms with Gasteiger partial charge in [0.1, 0.15) is 0 Å². The van der Waals surface area contributed by atoms with Crippen molar-refractivity contribution in [2.75, 3.05) is 7.11 Å². The average Bonchev–Trinajstić information content (AvgIpc) is 3.68. The monoisotopic (exact) mass is 585 g/mol. The van der Waals surface area contributed by atoms with Crippen molar-refractivity contribution in [2.24, 2.45) is 35.5 Å². The molecule has 1 fully saturated rings. The van der Waals surface area contributed by atoms with Crippen LogP contribution in [0.5, 0.6) is 0 Å². The van der Waals surface area contributed by atoms with Gasteiger partial charge in [-0.15, -0.1) is 0 Å². The fourth-order valence-electron chi connectivity index (χ4n) is 6.50. The zero-order valence-electron chi connectivity index (χ0n) is 30.4. The number of ether oxygens (including phenoxy) is 1. The molecule has 1 aliphatic rings. The van der Waals surface area contributed by atoms with E-state index >= 15 is 0 Å². The first-order chi connectivity index (χ1) is 19.9. The van der Waals surface area contributed by atoms with Crippen LogP contribution in [0.4, 0.5) is 0 Å². The van der Waals surface area contributed by atoms with Crippen molar-refractivity contribution in [1.82, 2.24) is 0 Å². The van der Waals surface area contributed by atoms with Gasteiger partial charge in [-0.3, -0.25) is 0 Å². The van der Waals surface area contributed by atoms with Crippen LogP contribution < -0.4 is 0 Å². The van der Waals surface area contributed by atoms with Gasteiger partial charge in [-0.05, 0) is 128 Å². The molecule has 0 N–H and O–H groups in total. The first-order valence-electron chi connectivity index (χ1n) is 18.4. The average molecular weight is 585 g/mol. The van der Waals surface area contributed by atoms with E-state index in [0.29, 0.717) is 0 Å². The Kier molecular flexibility index (Phi) is 21.1. The third kappa shape index (κ3) is 21.8. The van der Waals surface area contributed by atoms with Crippen molar-refractivity contribution in [3.05, 3.63) is 35.5 Å². The van der Waals surface area contributed by atoms with Crippen LogP contribution in [0, 0.1) is 35.5 Å². The minimum Gasteiger partial charge on any atom is -0.379 e. The normalized spacial score (nSPS) is 20.5. The van der Waals surface area contributed by atoms with Gasteiger partial charge in [0.2, 0.25) is 0 Å². The molecule has 1 aliphatic carbocycles. The fraction of sp³-hybridized carbons (Fsp3) is 0.854. The molecule has 0 amide bonds. The highest BCUT2D eigenvalue weighted by molar-refractivity contribution is 4.99. The summed E-state index contributed by atoms with van der Waals surface area (Å²) < 4.78 is 5.54. The Morgan fingerprint density at radius 1 is 0.762 bits per heavy atom. The van der Waals surface area contributed by atoms with E-state index in [9.17, 15) is 0 Å². The molecule has 0 aromatic heterocycles. The van der Waals surface area contributed by atoms with E-state index in [2.05, 4.69) is 86.6 Å². The van der Waals surface area contributed by atoms with Crippen LogP contribution >= 0.6 is 0 Å². The van der Waals surface area contributed by atoms with Crippen molar-refractivity contribution >= 4 is 0 Å². The Labute approximate surface area is 265 Å². The summed E-state index contributed by atoms with van der Waals surface area (Å²) in [4.78, 5) is 0. The number of hydrogen-bond donors (Lipinski definition) is 0. The zero-order chi connectivity index (χ0) is 31.4. The van der Waals surface area contributed by atoms with Gasteiger partial charge in [0.05, 0.1) is 5.60 Å². The molecule has 0 radical (unpaired) electrons. The summed E-state index contributed by atoms with van der Waals surface area (Å²) in [6, 6.07) is 0. The summed E-state index contributed by atoms with van der Waals surface area (Å²) >= 11 is 0. The van der Waals surface area contributed by atoms with Crippen molar-refractivity contribution in [3.63, 3.8) is 0 Å².